The van der Waals surface area contributed by atoms with E-state index < -0.39 is 5.97 Å². The first-order valence-corrected chi connectivity index (χ1v) is 25.9. The lowest BCUT2D eigenvalue weighted by atomic mass is 9.77. The van der Waals surface area contributed by atoms with Crippen LogP contribution in [0.15, 0.2) is 128 Å². The van der Waals surface area contributed by atoms with Gasteiger partial charge in [-0.2, -0.15) is 5.26 Å². The summed E-state index contributed by atoms with van der Waals surface area (Å²) in [4.78, 5) is 29.5. The van der Waals surface area contributed by atoms with Crippen LogP contribution in [0.2, 0.25) is 0 Å². The number of benzene rings is 4. The number of hydrogen-bond acceptors (Lipinski definition) is 9. The van der Waals surface area contributed by atoms with Crippen molar-refractivity contribution in [3.05, 3.63) is 156 Å². The summed E-state index contributed by atoms with van der Waals surface area (Å²) in [5.74, 6) is 1.45. The van der Waals surface area contributed by atoms with E-state index in [1.54, 1.807) is 0 Å². The van der Waals surface area contributed by atoms with Crippen molar-refractivity contribution in [3.8, 4) is 62.7 Å². The normalized spacial score (nSPS) is 18.7. The molecule has 374 valence electrons. The molecule has 14 nitrogen and oxygen atoms in total. The molecule has 5 aliphatic heterocycles. The number of nitrogens with zero attached hydrogens (tertiary/aromatic N) is 10. The molecule has 3 N–H and O–H groups in total. The summed E-state index contributed by atoms with van der Waals surface area (Å²) < 4.78 is 23.0. The standard InChI is InChI=1S/C59H58FN11O3/c1-37(2)50(33-72)63-25-39-15-17-66(26-39)47-11-13-52-44(19-47)29-68-28-43(40-5-3-38(24-61)4-6-40)22-54(68)58-64-49(31-70(52)58)55-23-59(34-65(35-59)32-56(73)74)36-71(55)48-12-14-51-45(20-48)30-67-27-42(41-7-9-46(60)10-8-41)21-53(67)57-62-16-18-69(51)57/h3-14,16,18-22,27-28,31,37,39,50,55,63,72H,15,17,23,25-26,29-30,32-36H2,1-2H3,(H,73,74)/t39-,50-,55?/m1/s1. The maximum absolute atomic E-state index is 14.0. The van der Waals surface area contributed by atoms with E-state index in [0.717, 1.165) is 113 Å². The Labute approximate surface area is 429 Å². The lowest BCUT2D eigenvalue weighted by Crippen LogP contribution is -2.58. The van der Waals surface area contributed by atoms with E-state index in [0.29, 0.717) is 43.6 Å². The molecule has 0 amide bonds. The number of fused-ring (bicyclic) bond motifs is 10. The predicted molar refractivity (Wildman–Crippen MR) is 283 cm³/mol. The molecular formula is C59H58FN11O3. The lowest BCUT2D eigenvalue weighted by molar-refractivity contribution is -0.141. The predicted octanol–water partition coefficient (Wildman–Crippen LogP) is 8.83. The molecule has 4 aromatic heterocycles. The minimum Gasteiger partial charge on any atom is -0.480 e. The molecule has 15 heteroatoms. The van der Waals surface area contributed by atoms with Crippen LogP contribution in [-0.4, -0.2) is 108 Å². The van der Waals surface area contributed by atoms with Gasteiger partial charge in [0.1, 0.15) is 5.82 Å². The van der Waals surface area contributed by atoms with Gasteiger partial charge in [-0.1, -0.05) is 38.1 Å². The second-order valence-electron chi connectivity index (χ2n) is 21.7. The molecule has 8 aromatic rings. The van der Waals surface area contributed by atoms with Crippen molar-refractivity contribution < 1.29 is 19.4 Å². The molecule has 0 aliphatic carbocycles. The molecule has 1 spiro atoms. The number of anilines is 2. The second-order valence-corrected chi connectivity index (χ2v) is 21.7. The summed E-state index contributed by atoms with van der Waals surface area (Å²) in [5, 5.41) is 33.0. The smallest absolute Gasteiger partial charge is 0.317 e. The van der Waals surface area contributed by atoms with E-state index in [4.69, 9.17) is 9.97 Å². The Bertz CT molecular complexity index is 3500. The number of aromatic nitrogens is 6. The van der Waals surface area contributed by atoms with Crippen molar-refractivity contribution in [1.82, 2.24) is 38.5 Å². The molecule has 9 heterocycles. The molecule has 13 rings (SSSR count). The summed E-state index contributed by atoms with van der Waals surface area (Å²) in [6.45, 7) is 10.6. The SMILES string of the molecule is CC(C)[C@@H](CO)NC[C@H]1CCN(c2ccc3c(c2)Cn2cc(-c4ccc(C#N)cc4)cc2-c2nc(C4CC5(CN(CC(=O)O)C5)CN4c4ccc5c(c4)Cn4cc(-c6ccc(F)cc6)cc4-c4nccn4-5)cn2-3)C1. The number of aliphatic hydroxyl groups excluding tert-OH is 1. The zero-order valence-electron chi connectivity index (χ0n) is 41.6. The Morgan fingerprint density at radius 2 is 1.49 bits per heavy atom. The summed E-state index contributed by atoms with van der Waals surface area (Å²) in [6.07, 6.45) is 12.3. The Hall–Kier alpha value is -7.77. The topological polar surface area (TPSA) is 149 Å². The van der Waals surface area contributed by atoms with Crippen LogP contribution in [0.4, 0.5) is 15.8 Å². The minimum atomic E-state index is -0.815. The van der Waals surface area contributed by atoms with Crippen molar-refractivity contribution in [2.24, 2.45) is 17.3 Å². The van der Waals surface area contributed by atoms with E-state index in [2.05, 4.69) is 120 Å². The third-order valence-electron chi connectivity index (χ3n) is 16.4. The Balaban J connectivity index is 0.881. The second kappa shape index (κ2) is 18.0. The number of nitriles is 1. The molecule has 74 heavy (non-hydrogen) atoms. The van der Waals surface area contributed by atoms with Crippen LogP contribution in [0.5, 0.6) is 0 Å². The van der Waals surface area contributed by atoms with Gasteiger partial charge in [0, 0.05) is 117 Å². The molecule has 5 aliphatic rings. The third-order valence-corrected chi connectivity index (χ3v) is 16.4. The number of carboxylic acid groups (broad SMARTS) is 1. The molecule has 1 unspecified atom stereocenters. The molecule has 0 radical (unpaired) electrons. The van der Waals surface area contributed by atoms with Gasteiger partial charge in [-0.3, -0.25) is 18.8 Å². The van der Waals surface area contributed by atoms with Crippen molar-refractivity contribution >= 4 is 17.3 Å². The fourth-order valence-corrected chi connectivity index (χ4v) is 12.7. The van der Waals surface area contributed by atoms with Crippen LogP contribution in [0.3, 0.4) is 0 Å². The number of imidazole rings is 2. The van der Waals surface area contributed by atoms with Gasteiger partial charge < -0.3 is 34.5 Å². The highest BCUT2D eigenvalue weighted by atomic mass is 19.1. The van der Waals surface area contributed by atoms with Gasteiger partial charge in [0.2, 0.25) is 0 Å². The largest absolute Gasteiger partial charge is 0.480 e. The van der Waals surface area contributed by atoms with Crippen LogP contribution in [0.1, 0.15) is 55.1 Å². The fourth-order valence-electron chi connectivity index (χ4n) is 12.7. The monoisotopic (exact) mass is 987 g/mol. The van der Waals surface area contributed by atoms with E-state index >= 15 is 0 Å². The number of halogens is 1. The maximum atomic E-state index is 14.0. The average Bonchev–Trinajstić information content (AvgIpc) is 4.27. The molecule has 3 fully saturated rings. The summed E-state index contributed by atoms with van der Waals surface area (Å²) >= 11 is 0. The van der Waals surface area contributed by atoms with Crippen LogP contribution < -0.4 is 15.1 Å². The Kier molecular flexibility index (Phi) is 11.2. The number of carboxylic acids is 1. The quantitative estimate of drug-likeness (QED) is 0.109. The Morgan fingerprint density at radius 1 is 0.824 bits per heavy atom. The Morgan fingerprint density at radius 3 is 2.16 bits per heavy atom. The van der Waals surface area contributed by atoms with E-state index in [1.165, 1.54) is 23.4 Å². The number of likely N-dealkylation sites (tertiary alicyclic amines) is 1. The van der Waals surface area contributed by atoms with Gasteiger partial charge in [0.05, 0.1) is 59.3 Å². The zero-order valence-corrected chi connectivity index (χ0v) is 41.6. The average molecular weight is 988 g/mol. The van der Waals surface area contributed by atoms with Crippen LogP contribution in [0.25, 0.3) is 56.7 Å². The number of nitrogens with one attached hydrogen (secondary N) is 1. The number of hydrogen-bond donors (Lipinski definition) is 3. The highest BCUT2D eigenvalue weighted by Crippen LogP contribution is 2.51. The van der Waals surface area contributed by atoms with Gasteiger partial charge in [0.25, 0.3) is 0 Å². The van der Waals surface area contributed by atoms with E-state index in [1.807, 2.05) is 53.7 Å². The van der Waals surface area contributed by atoms with Crippen molar-refractivity contribution in [2.45, 2.75) is 51.9 Å². The highest BCUT2D eigenvalue weighted by molar-refractivity contribution is 5.75. The number of rotatable bonds is 12. The van der Waals surface area contributed by atoms with E-state index in [-0.39, 0.29) is 36.5 Å². The van der Waals surface area contributed by atoms with Gasteiger partial charge in [-0.05, 0) is 120 Å². The van der Waals surface area contributed by atoms with Gasteiger partial charge in [-0.15, -0.1) is 0 Å². The first-order chi connectivity index (χ1) is 36.0. The van der Waals surface area contributed by atoms with Crippen LogP contribution >= 0.6 is 0 Å². The molecular weight excluding hydrogens is 930 g/mol. The van der Waals surface area contributed by atoms with Crippen molar-refractivity contribution in [2.75, 3.05) is 62.2 Å². The lowest BCUT2D eigenvalue weighted by Gasteiger charge is -2.47. The minimum absolute atomic E-state index is 0.0189. The molecule has 4 aromatic carbocycles. The van der Waals surface area contributed by atoms with Gasteiger partial charge in [0.15, 0.2) is 11.6 Å². The number of carbonyl (C=O) groups is 1. The molecule has 0 bridgehead atoms. The number of aliphatic carboxylic acids is 1. The van der Waals surface area contributed by atoms with Gasteiger partial charge in [-0.25, -0.2) is 14.4 Å². The zero-order chi connectivity index (χ0) is 50.4. The number of aliphatic hydroxyl groups is 1. The maximum Gasteiger partial charge on any atom is 0.317 e. The highest BCUT2D eigenvalue weighted by Gasteiger charge is 2.53. The summed E-state index contributed by atoms with van der Waals surface area (Å²) in [7, 11) is 0. The summed E-state index contributed by atoms with van der Waals surface area (Å²) in [6, 6.07) is 34.6. The molecule has 3 atom stereocenters. The molecule has 0 saturated carbocycles. The first-order valence-electron chi connectivity index (χ1n) is 25.9. The fraction of sp³-hybridized carbons (Fsp3) is 0.322. The first kappa shape index (κ1) is 46.0. The third kappa shape index (κ3) is 8.08. The molecule has 3 saturated heterocycles. The van der Waals surface area contributed by atoms with E-state index in [9.17, 15) is 24.7 Å². The van der Waals surface area contributed by atoms with Crippen molar-refractivity contribution in [1.29, 1.82) is 5.26 Å². The summed E-state index contributed by atoms with van der Waals surface area (Å²) in [5.41, 5.74) is 14.2. The van der Waals surface area contributed by atoms with Gasteiger partial charge >= 0.3 is 5.97 Å². The van der Waals surface area contributed by atoms with Crippen LogP contribution in [0, 0.1) is 34.4 Å². The van der Waals surface area contributed by atoms with Crippen molar-refractivity contribution in [3.63, 3.8) is 0 Å². The van der Waals surface area contributed by atoms with Crippen LogP contribution in [-0.2, 0) is 17.9 Å².